The predicted octanol–water partition coefficient (Wildman–Crippen LogP) is -0.215. The highest BCUT2D eigenvalue weighted by molar-refractivity contribution is 5.83. The Morgan fingerprint density at radius 2 is 2.05 bits per heavy atom. The van der Waals surface area contributed by atoms with Gasteiger partial charge < -0.3 is 19.7 Å². The Labute approximate surface area is 113 Å². The molecule has 2 aromatic rings. The standard InChI is InChI=1S/C11H13N5O4/c1-6-3-8(15-19-6)11-14-10(20-16-11)5-13-9(18)4-12-7(2)17/h3H,4-5H2,1-2H3,(H,12,17)(H,13,18). The van der Waals surface area contributed by atoms with Crippen LogP contribution >= 0.6 is 0 Å². The Morgan fingerprint density at radius 3 is 2.70 bits per heavy atom. The normalized spacial score (nSPS) is 10.3. The Kier molecular flexibility index (Phi) is 4.08. The van der Waals surface area contributed by atoms with Crippen LogP contribution in [0.5, 0.6) is 0 Å². The van der Waals surface area contributed by atoms with Crippen LogP contribution in [0.1, 0.15) is 18.6 Å². The van der Waals surface area contributed by atoms with E-state index < -0.39 is 0 Å². The lowest BCUT2D eigenvalue weighted by Gasteiger charge is -2.02. The van der Waals surface area contributed by atoms with Gasteiger partial charge >= 0.3 is 0 Å². The molecule has 0 saturated heterocycles. The lowest BCUT2D eigenvalue weighted by atomic mass is 10.4. The molecule has 9 heteroatoms. The highest BCUT2D eigenvalue weighted by Gasteiger charge is 2.13. The first-order chi connectivity index (χ1) is 9.54. The molecule has 2 heterocycles. The average Bonchev–Trinajstić information content (AvgIpc) is 3.02. The van der Waals surface area contributed by atoms with Gasteiger partial charge in [0.25, 0.3) is 0 Å². The first kappa shape index (κ1) is 13.7. The fourth-order valence-electron chi connectivity index (χ4n) is 1.34. The van der Waals surface area contributed by atoms with Gasteiger partial charge in [0.2, 0.25) is 23.5 Å². The van der Waals surface area contributed by atoms with E-state index in [0.717, 1.165) is 0 Å². The molecule has 0 aliphatic heterocycles. The van der Waals surface area contributed by atoms with E-state index in [2.05, 4.69) is 25.9 Å². The van der Waals surface area contributed by atoms with E-state index in [1.165, 1.54) is 6.92 Å². The summed E-state index contributed by atoms with van der Waals surface area (Å²) in [5.41, 5.74) is 0.460. The number of amides is 2. The Morgan fingerprint density at radius 1 is 1.25 bits per heavy atom. The number of hydrogen-bond acceptors (Lipinski definition) is 7. The molecule has 0 aliphatic carbocycles. The van der Waals surface area contributed by atoms with E-state index in [9.17, 15) is 9.59 Å². The number of carbonyl (C=O) groups is 2. The average molecular weight is 279 g/mol. The van der Waals surface area contributed by atoms with Gasteiger partial charge in [-0.3, -0.25) is 9.59 Å². The van der Waals surface area contributed by atoms with Gasteiger partial charge in [-0.05, 0) is 6.92 Å². The number of hydrogen-bond donors (Lipinski definition) is 2. The zero-order chi connectivity index (χ0) is 14.5. The summed E-state index contributed by atoms with van der Waals surface area (Å²) in [6.45, 7) is 3.05. The third-order valence-electron chi connectivity index (χ3n) is 2.26. The van der Waals surface area contributed by atoms with Crippen molar-refractivity contribution in [3.05, 3.63) is 17.7 Å². The summed E-state index contributed by atoms with van der Waals surface area (Å²) in [5.74, 6) is 0.526. The van der Waals surface area contributed by atoms with Crippen molar-refractivity contribution in [1.29, 1.82) is 0 Å². The van der Waals surface area contributed by atoms with Gasteiger partial charge in [0.1, 0.15) is 5.76 Å². The fraction of sp³-hybridized carbons (Fsp3) is 0.364. The second kappa shape index (κ2) is 5.95. The summed E-state index contributed by atoms with van der Waals surface area (Å²) in [4.78, 5) is 26.1. The highest BCUT2D eigenvalue weighted by atomic mass is 16.5. The molecule has 0 unspecified atom stereocenters. The summed E-state index contributed by atoms with van der Waals surface area (Å²) in [6.07, 6.45) is 0. The van der Waals surface area contributed by atoms with Crippen molar-refractivity contribution in [3.8, 4) is 11.5 Å². The molecule has 0 aliphatic rings. The van der Waals surface area contributed by atoms with Crippen molar-refractivity contribution in [2.75, 3.05) is 6.54 Å². The molecule has 2 rings (SSSR count). The molecule has 0 saturated carbocycles. The van der Waals surface area contributed by atoms with Crippen molar-refractivity contribution in [2.45, 2.75) is 20.4 Å². The largest absolute Gasteiger partial charge is 0.361 e. The second-order valence-electron chi connectivity index (χ2n) is 4.02. The Balaban J connectivity index is 1.87. The van der Waals surface area contributed by atoms with Crippen molar-refractivity contribution < 1.29 is 18.6 Å². The number of aromatic nitrogens is 3. The maximum atomic E-state index is 11.4. The topological polar surface area (TPSA) is 123 Å². The minimum atomic E-state index is -0.350. The molecule has 0 bridgehead atoms. The quantitative estimate of drug-likeness (QED) is 0.775. The van der Waals surface area contributed by atoms with Crippen molar-refractivity contribution in [1.82, 2.24) is 25.9 Å². The first-order valence-corrected chi connectivity index (χ1v) is 5.82. The number of nitrogens with one attached hydrogen (secondary N) is 2. The molecule has 0 fully saturated rings. The molecule has 9 nitrogen and oxygen atoms in total. The van der Waals surface area contributed by atoms with Crippen molar-refractivity contribution in [3.63, 3.8) is 0 Å². The van der Waals surface area contributed by atoms with Crippen LogP contribution in [0, 0.1) is 6.92 Å². The third-order valence-corrected chi connectivity index (χ3v) is 2.26. The molecule has 0 atom stereocenters. The van der Waals surface area contributed by atoms with E-state index in [0.29, 0.717) is 11.5 Å². The summed E-state index contributed by atoms with van der Waals surface area (Å²) < 4.78 is 9.86. The van der Waals surface area contributed by atoms with Gasteiger partial charge in [-0.1, -0.05) is 10.3 Å². The lowest BCUT2D eigenvalue weighted by molar-refractivity contribution is -0.125. The molecule has 20 heavy (non-hydrogen) atoms. The monoisotopic (exact) mass is 279 g/mol. The van der Waals surface area contributed by atoms with Gasteiger partial charge in [-0.15, -0.1) is 0 Å². The van der Waals surface area contributed by atoms with Crippen molar-refractivity contribution >= 4 is 11.8 Å². The zero-order valence-electron chi connectivity index (χ0n) is 11.0. The van der Waals surface area contributed by atoms with Crippen LogP contribution in [0.25, 0.3) is 11.5 Å². The van der Waals surface area contributed by atoms with Crippen molar-refractivity contribution in [2.24, 2.45) is 0 Å². The Hall–Kier alpha value is -2.71. The zero-order valence-corrected chi connectivity index (χ0v) is 11.0. The van der Waals surface area contributed by atoms with Gasteiger partial charge in [-0.2, -0.15) is 4.98 Å². The minimum Gasteiger partial charge on any atom is -0.361 e. The molecule has 0 spiro atoms. The summed E-state index contributed by atoms with van der Waals surface area (Å²) in [5, 5.41) is 12.4. The third kappa shape index (κ3) is 3.64. The number of nitrogens with zero attached hydrogens (tertiary/aromatic N) is 3. The minimum absolute atomic E-state index is 0.0717. The molecule has 2 aromatic heterocycles. The van der Waals surface area contributed by atoms with E-state index in [1.54, 1.807) is 13.0 Å². The highest BCUT2D eigenvalue weighted by Crippen LogP contribution is 2.14. The second-order valence-corrected chi connectivity index (χ2v) is 4.02. The molecule has 2 N–H and O–H groups in total. The van der Waals surface area contributed by atoms with E-state index in [4.69, 9.17) is 9.05 Å². The van der Waals surface area contributed by atoms with E-state index >= 15 is 0 Å². The number of aryl methyl sites for hydroxylation is 1. The van der Waals surface area contributed by atoms with Crippen LogP contribution in [0.4, 0.5) is 0 Å². The van der Waals surface area contributed by atoms with Crippen LogP contribution in [0.3, 0.4) is 0 Å². The van der Waals surface area contributed by atoms with Crippen LogP contribution in [-0.2, 0) is 16.1 Å². The van der Waals surface area contributed by atoms with Gasteiger partial charge in [-0.25, -0.2) is 0 Å². The predicted molar refractivity (Wildman–Crippen MR) is 65.1 cm³/mol. The van der Waals surface area contributed by atoms with Crippen LogP contribution in [-0.4, -0.2) is 33.7 Å². The van der Waals surface area contributed by atoms with Gasteiger partial charge in [0.15, 0.2) is 5.69 Å². The van der Waals surface area contributed by atoms with E-state index in [1.807, 2.05) is 0 Å². The van der Waals surface area contributed by atoms with E-state index in [-0.39, 0.29) is 36.6 Å². The Bertz CT molecular complexity index is 618. The van der Waals surface area contributed by atoms with Gasteiger partial charge in [0.05, 0.1) is 13.1 Å². The first-order valence-electron chi connectivity index (χ1n) is 5.82. The molecule has 106 valence electrons. The summed E-state index contributed by atoms with van der Waals surface area (Å²) in [6, 6.07) is 1.67. The smallest absolute Gasteiger partial charge is 0.246 e. The number of rotatable bonds is 5. The summed E-state index contributed by atoms with van der Waals surface area (Å²) >= 11 is 0. The SMILES string of the molecule is CC(=O)NCC(=O)NCc1nc(-c2cc(C)on2)no1. The fourth-order valence-corrected chi connectivity index (χ4v) is 1.34. The van der Waals surface area contributed by atoms with Crippen LogP contribution < -0.4 is 10.6 Å². The molecule has 0 aromatic carbocycles. The maximum Gasteiger partial charge on any atom is 0.246 e. The molecular formula is C11H13N5O4. The van der Waals surface area contributed by atoms with Crippen LogP contribution in [0.2, 0.25) is 0 Å². The van der Waals surface area contributed by atoms with Crippen LogP contribution in [0.15, 0.2) is 15.1 Å². The lowest BCUT2D eigenvalue weighted by Crippen LogP contribution is -2.35. The van der Waals surface area contributed by atoms with Gasteiger partial charge in [0, 0.05) is 13.0 Å². The molecule has 0 radical (unpaired) electrons. The molecular weight excluding hydrogens is 266 g/mol. The summed E-state index contributed by atoms with van der Waals surface area (Å²) in [7, 11) is 0. The number of carbonyl (C=O) groups excluding carboxylic acids is 2. The maximum absolute atomic E-state index is 11.4. The molecule has 2 amide bonds.